The van der Waals surface area contributed by atoms with Crippen LogP contribution >= 0.6 is 15.2 Å². The summed E-state index contributed by atoms with van der Waals surface area (Å²) in [4.78, 5) is 0. The van der Waals surface area contributed by atoms with Gasteiger partial charge in [-0.1, -0.05) is 32.9 Å². The third-order valence-electron chi connectivity index (χ3n) is 5.99. The van der Waals surface area contributed by atoms with Crippen molar-refractivity contribution in [1.29, 1.82) is 0 Å². The van der Waals surface area contributed by atoms with Gasteiger partial charge < -0.3 is 27.3 Å². The molecule has 0 N–H and O–H groups in total. The van der Waals surface area contributed by atoms with Crippen LogP contribution in [0.3, 0.4) is 0 Å². The van der Waals surface area contributed by atoms with E-state index in [2.05, 4.69) is 33.9 Å². The number of ether oxygens (including phenoxy) is 1. The van der Waals surface area contributed by atoms with Crippen LogP contribution in [0.1, 0.15) is 66.0 Å². The van der Waals surface area contributed by atoms with E-state index >= 15 is 0 Å². The van der Waals surface area contributed by atoms with Crippen molar-refractivity contribution in [3.8, 4) is 5.75 Å². The van der Waals surface area contributed by atoms with Gasteiger partial charge >= 0.3 is 15.2 Å². The lowest BCUT2D eigenvalue weighted by molar-refractivity contribution is 0.216. The molecule has 0 amide bonds. The zero-order chi connectivity index (χ0) is 27.5. The summed E-state index contributed by atoms with van der Waals surface area (Å²) in [5.74, 6) is 0.555. The Balaban J connectivity index is 3.10. The molecule has 0 aliphatic heterocycles. The largest absolute Gasteiger partial charge is 0.493 e. The highest BCUT2D eigenvalue weighted by molar-refractivity contribution is 7.53. The van der Waals surface area contributed by atoms with Gasteiger partial charge in [0, 0.05) is 18.6 Å². The summed E-state index contributed by atoms with van der Waals surface area (Å²) in [6, 6.07) is 5.47. The molecule has 0 aliphatic carbocycles. The predicted octanol–water partition coefficient (Wildman–Crippen LogP) is 8.01. The Morgan fingerprint density at radius 1 is 0.778 bits per heavy atom. The molecule has 210 valence electrons. The zero-order valence-electron chi connectivity index (χ0n) is 23.8. The first-order valence-electron chi connectivity index (χ1n) is 12.9. The summed E-state index contributed by atoms with van der Waals surface area (Å²) in [6.45, 7) is 20.4. The second kappa shape index (κ2) is 15.2. The maximum absolute atomic E-state index is 13.2. The van der Waals surface area contributed by atoms with Gasteiger partial charge in [0.15, 0.2) is 8.32 Å². The van der Waals surface area contributed by atoms with Crippen molar-refractivity contribution >= 4 is 23.5 Å². The van der Waals surface area contributed by atoms with Gasteiger partial charge in [-0.3, -0.25) is 9.13 Å². The zero-order valence-corrected chi connectivity index (χ0v) is 26.5. The minimum Gasteiger partial charge on any atom is -0.493 e. The first-order chi connectivity index (χ1) is 16.7. The lowest BCUT2D eigenvalue weighted by Crippen LogP contribution is -2.41. The molecular weight excluding hydrogens is 518 g/mol. The summed E-state index contributed by atoms with van der Waals surface area (Å²) in [6.07, 6.45) is 0.912. The van der Waals surface area contributed by atoms with Crippen LogP contribution in [0.4, 0.5) is 0 Å². The van der Waals surface area contributed by atoms with Crippen LogP contribution in [0, 0.1) is 0 Å². The summed E-state index contributed by atoms with van der Waals surface area (Å²) < 4.78 is 60.6. The molecule has 1 aromatic carbocycles. The molecule has 0 unspecified atom stereocenters. The van der Waals surface area contributed by atoms with Crippen LogP contribution in [0.2, 0.25) is 18.1 Å². The fourth-order valence-electron chi connectivity index (χ4n) is 3.22. The van der Waals surface area contributed by atoms with Crippen molar-refractivity contribution in [3.63, 3.8) is 0 Å². The average molecular weight is 567 g/mol. The first-order valence-corrected chi connectivity index (χ1v) is 19.3. The van der Waals surface area contributed by atoms with Crippen LogP contribution in [0.25, 0.3) is 0 Å². The van der Waals surface area contributed by atoms with Gasteiger partial charge in [0.1, 0.15) is 5.75 Å². The maximum Gasteiger partial charge on any atom is 0.335 e. The van der Waals surface area contributed by atoms with Gasteiger partial charge in [-0.05, 0) is 57.5 Å². The molecule has 0 bridgehead atoms. The smallest absolute Gasteiger partial charge is 0.335 e. The van der Waals surface area contributed by atoms with Gasteiger partial charge in [0.25, 0.3) is 0 Å². The molecule has 0 atom stereocenters. The summed E-state index contributed by atoms with van der Waals surface area (Å²) in [7, 11) is -8.45. The molecule has 1 aromatic rings. The summed E-state index contributed by atoms with van der Waals surface area (Å²) >= 11 is 0. The summed E-state index contributed by atoms with van der Waals surface area (Å²) in [5.41, 5.74) is 1.45. The second-order valence-corrected chi connectivity index (χ2v) is 18.9. The molecule has 0 spiro atoms. The van der Waals surface area contributed by atoms with E-state index in [0.717, 1.165) is 5.56 Å². The molecule has 0 saturated heterocycles. The number of benzene rings is 1. The Kier molecular flexibility index (Phi) is 14.1. The molecule has 36 heavy (non-hydrogen) atoms. The predicted molar refractivity (Wildman–Crippen MR) is 149 cm³/mol. The average Bonchev–Trinajstić information content (AvgIpc) is 2.75. The molecule has 0 aromatic heterocycles. The minimum atomic E-state index is -3.33. The van der Waals surface area contributed by atoms with Gasteiger partial charge in [0.05, 0.1) is 45.4 Å². The van der Waals surface area contributed by atoms with Crippen LogP contribution in [0.5, 0.6) is 5.75 Å². The van der Waals surface area contributed by atoms with Crippen LogP contribution in [-0.4, -0.2) is 48.0 Å². The molecule has 11 heteroatoms. The Morgan fingerprint density at radius 3 is 1.75 bits per heavy atom. The third kappa shape index (κ3) is 11.1. The quantitative estimate of drug-likeness (QED) is 0.100. The van der Waals surface area contributed by atoms with Crippen molar-refractivity contribution in [2.24, 2.45) is 0 Å². The van der Waals surface area contributed by atoms with Crippen LogP contribution in [0.15, 0.2) is 18.2 Å². The van der Waals surface area contributed by atoms with Crippen LogP contribution < -0.4 is 4.74 Å². The van der Waals surface area contributed by atoms with Gasteiger partial charge in [-0.15, -0.1) is 0 Å². The fourth-order valence-corrected chi connectivity index (χ4v) is 7.72. The topological polar surface area (TPSA) is 89.5 Å². The van der Waals surface area contributed by atoms with Crippen LogP contribution in [-0.2, 0) is 44.0 Å². The van der Waals surface area contributed by atoms with E-state index in [0.29, 0.717) is 44.2 Å². The van der Waals surface area contributed by atoms with E-state index in [9.17, 15) is 9.13 Å². The van der Waals surface area contributed by atoms with E-state index in [1.54, 1.807) is 27.7 Å². The normalized spacial score (nSPS) is 13.2. The van der Waals surface area contributed by atoms with Crippen molar-refractivity contribution in [1.82, 2.24) is 0 Å². The van der Waals surface area contributed by atoms with Gasteiger partial charge in [-0.2, -0.15) is 0 Å². The molecule has 0 fully saturated rings. The lowest BCUT2D eigenvalue weighted by atomic mass is 10.1. The summed E-state index contributed by atoms with van der Waals surface area (Å²) in [5, 5.41) is 0.143. The van der Waals surface area contributed by atoms with Gasteiger partial charge in [0.2, 0.25) is 0 Å². The Morgan fingerprint density at radius 2 is 1.28 bits per heavy atom. The molecule has 0 radical (unpaired) electrons. The number of rotatable bonds is 18. The molecular formula is C25H48O8P2Si. The SMILES string of the molecule is CCOP(=O)(Cc1ccc(CP(=O)(OCC)OCC)c(OCCCO[Si](C)(C)C(C)(C)C)c1)OCC. The van der Waals surface area contributed by atoms with E-state index in [-0.39, 0.29) is 30.6 Å². The first kappa shape index (κ1) is 33.5. The monoisotopic (exact) mass is 566 g/mol. The maximum atomic E-state index is 13.2. The Labute approximate surface area is 219 Å². The highest BCUT2D eigenvalue weighted by Gasteiger charge is 2.36. The van der Waals surface area contributed by atoms with Gasteiger partial charge in [-0.25, -0.2) is 0 Å². The molecule has 0 heterocycles. The van der Waals surface area contributed by atoms with Crippen molar-refractivity contribution in [2.45, 2.75) is 85.3 Å². The highest BCUT2D eigenvalue weighted by Crippen LogP contribution is 2.54. The molecule has 0 saturated carbocycles. The van der Waals surface area contributed by atoms with Crippen molar-refractivity contribution in [3.05, 3.63) is 29.3 Å². The number of hydrogen-bond acceptors (Lipinski definition) is 8. The van der Waals surface area contributed by atoms with E-state index < -0.39 is 23.5 Å². The fraction of sp³-hybridized carbons (Fsp3) is 0.760. The third-order valence-corrected chi connectivity index (χ3v) is 14.6. The highest BCUT2D eigenvalue weighted by atomic mass is 31.2. The van der Waals surface area contributed by atoms with E-state index in [4.69, 9.17) is 27.3 Å². The Hall–Kier alpha value is -0.503. The van der Waals surface area contributed by atoms with E-state index in [1.807, 2.05) is 18.2 Å². The van der Waals surface area contributed by atoms with E-state index in [1.165, 1.54) is 0 Å². The molecule has 8 nitrogen and oxygen atoms in total. The standard InChI is InChI=1S/C25H48O8P2Si/c1-10-29-34(26,30-11-2)20-22-15-16-23(21-35(27,31-12-3)32-13-4)24(19-22)28-17-14-18-33-36(8,9)25(5,6)7/h15-16,19H,10-14,17-18,20-21H2,1-9H3. The minimum absolute atomic E-state index is 0.0827. The lowest BCUT2D eigenvalue weighted by Gasteiger charge is -2.36. The second-order valence-electron chi connectivity index (χ2n) is 9.96. The van der Waals surface area contributed by atoms with Crippen molar-refractivity contribution in [2.75, 3.05) is 39.6 Å². The number of hydrogen-bond donors (Lipinski definition) is 0. The van der Waals surface area contributed by atoms with Crippen molar-refractivity contribution < 1.29 is 36.4 Å². The molecule has 1 rings (SSSR count). The molecule has 0 aliphatic rings. The Bertz CT molecular complexity index is 865.